The molecule has 0 bridgehead atoms. The molecule has 1 aliphatic heterocycles. The molecule has 8 nitrogen and oxygen atoms in total. The van der Waals surface area contributed by atoms with Crippen molar-refractivity contribution < 1.29 is 23.9 Å². The lowest BCUT2D eigenvalue weighted by molar-refractivity contribution is -0.120. The molecule has 10 heteroatoms. The molecule has 2 N–H and O–H groups in total. The molecule has 0 spiro atoms. The summed E-state index contributed by atoms with van der Waals surface area (Å²) >= 11 is 9.61. The van der Waals surface area contributed by atoms with Crippen molar-refractivity contribution in [3.8, 4) is 11.5 Å². The summed E-state index contributed by atoms with van der Waals surface area (Å²) in [5.74, 6) is -0.994. The van der Waals surface area contributed by atoms with Gasteiger partial charge in [0.15, 0.2) is 0 Å². The molecule has 178 valence electrons. The van der Waals surface area contributed by atoms with Crippen LogP contribution in [0.3, 0.4) is 0 Å². The molecule has 0 aliphatic carbocycles. The molecule has 0 atom stereocenters. The van der Waals surface area contributed by atoms with Gasteiger partial charge in [0.2, 0.25) is 0 Å². The van der Waals surface area contributed by atoms with Crippen LogP contribution >= 0.6 is 27.5 Å². The van der Waals surface area contributed by atoms with Crippen molar-refractivity contribution in [2.24, 2.45) is 0 Å². The quantitative estimate of drug-likeness (QED) is 0.391. The Labute approximate surface area is 214 Å². The van der Waals surface area contributed by atoms with Crippen molar-refractivity contribution in [1.29, 1.82) is 0 Å². The molecule has 0 fully saturated rings. The van der Waals surface area contributed by atoms with Gasteiger partial charge in [-0.15, -0.1) is 0 Å². The van der Waals surface area contributed by atoms with Gasteiger partial charge in [-0.1, -0.05) is 33.6 Å². The molecular weight excluding hydrogens is 538 g/mol. The second-order valence-electron chi connectivity index (χ2n) is 7.34. The predicted octanol–water partition coefficient (Wildman–Crippen LogP) is 5.15. The fraction of sp³-hybridized carbons (Fsp3) is 0.0800. The zero-order chi connectivity index (χ0) is 25.1. The van der Waals surface area contributed by atoms with Crippen LogP contribution in [0.15, 0.2) is 81.9 Å². The van der Waals surface area contributed by atoms with Crippen LogP contribution in [0.2, 0.25) is 0 Å². The van der Waals surface area contributed by atoms with Gasteiger partial charge >= 0.3 is 0 Å². The standard InChI is InChI=1S/C25H19BrClN3O5/c1-34-18-10-11-20(35-2)19(13-18)30-24(32)21(27)22(25(30)33)28-17-5-3-4-14(12-17)23(31)29-16-8-6-15(26)7-9-16/h3-13,28H,1-2H3,(H,29,31). The Balaban J connectivity index is 1.57. The summed E-state index contributed by atoms with van der Waals surface area (Å²) in [5.41, 5.74) is 1.45. The highest BCUT2D eigenvalue weighted by Crippen LogP contribution is 2.38. The third-order valence-electron chi connectivity index (χ3n) is 5.15. The number of carbonyl (C=O) groups excluding carboxylic acids is 3. The highest BCUT2D eigenvalue weighted by molar-refractivity contribution is 9.10. The van der Waals surface area contributed by atoms with Gasteiger partial charge in [-0.3, -0.25) is 14.4 Å². The molecule has 35 heavy (non-hydrogen) atoms. The average molecular weight is 557 g/mol. The monoisotopic (exact) mass is 555 g/mol. The summed E-state index contributed by atoms with van der Waals surface area (Å²) in [6, 6.07) is 18.4. The molecule has 0 saturated heterocycles. The van der Waals surface area contributed by atoms with Crippen molar-refractivity contribution in [2.45, 2.75) is 0 Å². The van der Waals surface area contributed by atoms with Crippen LogP contribution in [0.4, 0.5) is 17.1 Å². The third kappa shape index (κ3) is 5.01. The lowest BCUT2D eigenvalue weighted by atomic mass is 10.1. The maximum Gasteiger partial charge on any atom is 0.283 e. The first-order chi connectivity index (χ1) is 16.8. The summed E-state index contributed by atoms with van der Waals surface area (Å²) in [7, 11) is 2.90. The number of amides is 3. The number of halogens is 2. The van der Waals surface area contributed by atoms with Gasteiger partial charge in [-0.2, -0.15) is 0 Å². The maximum absolute atomic E-state index is 13.2. The Morgan fingerprint density at radius 1 is 0.914 bits per heavy atom. The molecule has 1 heterocycles. The highest BCUT2D eigenvalue weighted by atomic mass is 79.9. The van der Waals surface area contributed by atoms with Crippen LogP contribution in [-0.4, -0.2) is 31.9 Å². The van der Waals surface area contributed by atoms with Gasteiger partial charge in [0, 0.05) is 27.5 Å². The fourth-order valence-electron chi connectivity index (χ4n) is 3.42. The lowest BCUT2D eigenvalue weighted by Crippen LogP contribution is -2.32. The molecule has 0 saturated carbocycles. The molecule has 4 rings (SSSR count). The van der Waals surface area contributed by atoms with Crippen LogP contribution in [0.25, 0.3) is 0 Å². The second kappa shape index (κ2) is 10.2. The minimum Gasteiger partial charge on any atom is -0.497 e. The SMILES string of the molecule is COc1ccc(OC)c(N2C(=O)C(Cl)=C(Nc3cccc(C(=O)Nc4ccc(Br)cc4)c3)C2=O)c1. The summed E-state index contributed by atoms with van der Waals surface area (Å²) in [4.78, 5) is 39.7. The minimum absolute atomic E-state index is 0.119. The number of rotatable bonds is 7. The molecule has 1 aliphatic rings. The average Bonchev–Trinajstić information content (AvgIpc) is 3.08. The van der Waals surface area contributed by atoms with Crippen LogP contribution in [0, 0.1) is 0 Å². The van der Waals surface area contributed by atoms with Crippen molar-refractivity contribution in [3.63, 3.8) is 0 Å². The topological polar surface area (TPSA) is 97.0 Å². The third-order valence-corrected chi connectivity index (χ3v) is 6.03. The van der Waals surface area contributed by atoms with E-state index in [0.717, 1.165) is 9.37 Å². The number of nitrogens with one attached hydrogen (secondary N) is 2. The molecule has 3 amide bonds. The number of hydrogen-bond donors (Lipinski definition) is 2. The van der Waals surface area contributed by atoms with Crippen molar-refractivity contribution >= 4 is 62.3 Å². The number of benzene rings is 3. The zero-order valence-electron chi connectivity index (χ0n) is 18.6. The van der Waals surface area contributed by atoms with E-state index in [4.69, 9.17) is 21.1 Å². The van der Waals surface area contributed by atoms with Gasteiger partial charge in [-0.25, -0.2) is 4.90 Å². The highest BCUT2D eigenvalue weighted by Gasteiger charge is 2.40. The normalized spacial score (nSPS) is 13.2. The maximum atomic E-state index is 13.2. The van der Waals surface area contributed by atoms with E-state index in [1.807, 2.05) is 12.1 Å². The van der Waals surface area contributed by atoms with E-state index in [9.17, 15) is 14.4 Å². The van der Waals surface area contributed by atoms with E-state index < -0.39 is 11.8 Å². The van der Waals surface area contributed by atoms with Crippen LogP contribution in [0.5, 0.6) is 11.5 Å². The number of methoxy groups -OCH3 is 2. The largest absolute Gasteiger partial charge is 0.497 e. The van der Waals surface area contributed by atoms with E-state index in [-0.39, 0.29) is 22.3 Å². The first-order valence-corrected chi connectivity index (χ1v) is 11.4. The molecule has 0 aromatic heterocycles. The number of carbonyl (C=O) groups is 3. The number of imide groups is 1. The van der Waals surface area contributed by atoms with Gasteiger partial charge in [0.1, 0.15) is 22.2 Å². The smallest absolute Gasteiger partial charge is 0.283 e. The van der Waals surface area contributed by atoms with Gasteiger partial charge in [0.25, 0.3) is 17.7 Å². The van der Waals surface area contributed by atoms with E-state index in [0.29, 0.717) is 28.4 Å². The minimum atomic E-state index is -0.713. The van der Waals surface area contributed by atoms with Crippen molar-refractivity contribution in [2.75, 3.05) is 29.8 Å². The van der Waals surface area contributed by atoms with Gasteiger partial charge in [0.05, 0.1) is 19.9 Å². The number of nitrogens with zero attached hydrogens (tertiary/aromatic N) is 1. The van der Waals surface area contributed by atoms with Crippen LogP contribution in [0.1, 0.15) is 10.4 Å². The molecule has 3 aromatic rings. The first-order valence-electron chi connectivity index (χ1n) is 10.3. The summed E-state index contributed by atoms with van der Waals surface area (Å²) in [6.45, 7) is 0. The van der Waals surface area contributed by atoms with E-state index in [2.05, 4.69) is 26.6 Å². The zero-order valence-corrected chi connectivity index (χ0v) is 20.9. The molecule has 0 radical (unpaired) electrons. The van der Waals surface area contributed by atoms with Crippen molar-refractivity contribution in [1.82, 2.24) is 0 Å². The Morgan fingerprint density at radius 3 is 2.34 bits per heavy atom. The Kier molecular flexibility index (Phi) is 7.09. The molecule has 3 aromatic carbocycles. The molecular formula is C25H19BrClN3O5. The summed E-state index contributed by atoms with van der Waals surface area (Å²) < 4.78 is 11.4. The predicted molar refractivity (Wildman–Crippen MR) is 137 cm³/mol. The van der Waals surface area contributed by atoms with Gasteiger partial charge in [-0.05, 0) is 54.6 Å². The van der Waals surface area contributed by atoms with E-state index in [1.165, 1.54) is 20.3 Å². The van der Waals surface area contributed by atoms with E-state index in [1.54, 1.807) is 48.5 Å². The van der Waals surface area contributed by atoms with Crippen LogP contribution in [-0.2, 0) is 9.59 Å². The summed E-state index contributed by atoms with van der Waals surface area (Å²) in [6.07, 6.45) is 0. The lowest BCUT2D eigenvalue weighted by Gasteiger charge is -2.19. The Bertz CT molecular complexity index is 1360. The first kappa shape index (κ1) is 24.3. The molecule has 0 unspecified atom stereocenters. The Morgan fingerprint density at radius 2 is 1.66 bits per heavy atom. The fourth-order valence-corrected chi connectivity index (χ4v) is 3.90. The van der Waals surface area contributed by atoms with E-state index >= 15 is 0 Å². The van der Waals surface area contributed by atoms with Crippen LogP contribution < -0.4 is 25.0 Å². The number of ether oxygens (including phenoxy) is 2. The summed E-state index contributed by atoms with van der Waals surface area (Å²) in [5, 5.41) is 5.40. The number of anilines is 3. The van der Waals surface area contributed by atoms with Gasteiger partial charge < -0.3 is 20.1 Å². The van der Waals surface area contributed by atoms with Crippen molar-refractivity contribution in [3.05, 3.63) is 87.5 Å². The Hall–Kier alpha value is -3.82. The second-order valence-corrected chi connectivity index (χ2v) is 8.63. The number of hydrogen-bond acceptors (Lipinski definition) is 6.